The van der Waals surface area contributed by atoms with E-state index in [-0.39, 0.29) is 11.9 Å². The van der Waals surface area contributed by atoms with Gasteiger partial charge in [0.05, 0.1) is 5.56 Å². The quantitative estimate of drug-likeness (QED) is 0.874. The number of aromatic amines is 1. The Hall–Kier alpha value is -1.98. The second-order valence-electron chi connectivity index (χ2n) is 4.96. The number of nitrogens with zero attached hydrogens (tertiary/aromatic N) is 2. The summed E-state index contributed by atoms with van der Waals surface area (Å²) in [7, 11) is 0. The molecule has 2 rings (SSSR count). The topological polar surface area (TPSA) is 68.4 Å². The molecule has 110 valence electrons. The van der Waals surface area contributed by atoms with E-state index in [1.54, 1.807) is 23.4 Å². The predicted octanol–water partition coefficient (Wildman–Crippen LogP) is 1.28. The van der Waals surface area contributed by atoms with Crippen LogP contribution in [0.15, 0.2) is 18.5 Å². The summed E-state index contributed by atoms with van der Waals surface area (Å²) in [5, 5.41) is 2.88. The minimum absolute atomic E-state index is 0.0252. The maximum absolute atomic E-state index is 12.2. The van der Waals surface area contributed by atoms with E-state index in [0.717, 1.165) is 12.8 Å². The van der Waals surface area contributed by atoms with Gasteiger partial charge in [-0.1, -0.05) is 6.92 Å². The molecule has 0 unspecified atom stereocenters. The first-order valence-corrected chi connectivity index (χ1v) is 7.17. The molecule has 0 aromatic carbocycles. The van der Waals surface area contributed by atoms with Crippen LogP contribution in [0.4, 0.5) is 4.79 Å². The zero-order chi connectivity index (χ0) is 14.4. The molecular weight excluding hydrogens is 256 g/mol. The number of nitrogens with one attached hydrogen (secondary N) is 2. The number of aromatic nitrogens is 1. The molecule has 6 heteroatoms. The highest BCUT2D eigenvalue weighted by Gasteiger charge is 2.22. The third-order valence-corrected chi connectivity index (χ3v) is 3.44. The van der Waals surface area contributed by atoms with Crippen molar-refractivity contribution in [3.05, 3.63) is 24.0 Å². The van der Waals surface area contributed by atoms with Crippen molar-refractivity contribution in [2.24, 2.45) is 0 Å². The molecule has 0 atom stereocenters. The van der Waals surface area contributed by atoms with Crippen LogP contribution in [0.3, 0.4) is 0 Å². The summed E-state index contributed by atoms with van der Waals surface area (Å²) < 4.78 is 0. The summed E-state index contributed by atoms with van der Waals surface area (Å²) in [5.41, 5.74) is 0.675. The van der Waals surface area contributed by atoms with Crippen LogP contribution in [0, 0.1) is 0 Å². The van der Waals surface area contributed by atoms with Gasteiger partial charge in [0.1, 0.15) is 0 Å². The van der Waals surface area contributed by atoms with Crippen LogP contribution < -0.4 is 5.32 Å². The lowest BCUT2D eigenvalue weighted by molar-refractivity contribution is 0.0762. The molecular formula is C14H22N4O2. The number of rotatable bonds is 3. The summed E-state index contributed by atoms with van der Waals surface area (Å²) in [6.45, 7) is 5.30. The Bertz CT molecular complexity index is 444. The smallest absolute Gasteiger partial charge is 0.317 e. The fourth-order valence-electron chi connectivity index (χ4n) is 2.31. The third-order valence-electron chi connectivity index (χ3n) is 3.44. The van der Waals surface area contributed by atoms with E-state index in [4.69, 9.17) is 0 Å². The van der Waals surface area contributed by atoms with Crippen molar-refractivity contribution in [2.75, 3.05) is 32.7 Å². The molecule has 0 radical (unpaired) electrons. The van der Waals surface area contributed by atoms with Crippen molar-refractivity contribution in [1.82, 2.24) is 20.1 Å². The van der Waals surface area contributed by atoms with Gasteiger partial charge in [-0.2, -0.15) is 0 Å². The number of urea groups is 1. The lowest BCUT2D eigenvalue weighted by Gasteiger charge is -2.22. The Morgan fingerprint density at radius 2 is 2.00 bits per heavy atom. The first-order valence-electron chi connectivity index (χ1n) is 7.17. The fraction of sp³-hybridized carbons (Fsp3) is 0.571. The molecule has 2 N–H and O–H groups in total. The van der Waals surface area contributed by atoms with Gasteiger partial charge in [0, 0.05) is 45.1 Å². The van der Waals surface area contributed by atoms with E-state index in [1.807, 2.05) is 11.8 Å². The summed E-state index contributed by atoms with van der Waals surface area (Å²) in [5.74, 6) is 0.0297. The zero-order valence-corrected chi connectivity index (χ0v) is 11.9. The van der Waals surface area contributed by atoms with E-state index in [2.05, 4.69) is 10.3 Å². The van der Waals surface area contributed by atoms with E-state index >= 15 is 0 Å². The summed E-state index contributed by atoms with van der Waals surface area (Å²) in [4.78, 5) is 30.7. The number of carbonyl (C=O) groups is 2. The van der Waals surface area contributed by atoms with Crippen molar-refractivity contribution in [3.63, 3.8) is 0 Å². The molecule has 20 heavy (non-hydrogen) atoms. The van der Waals surface area contributed by atoms with Gasteiger partial charge in [-0.3, -0.25) is 4.79 Å². The number of carbonyl (C=O) groups excluding carboxylic acids is 2. The Morgan fingerprint density at radius 1 is 1.25 bits per heavy atom. The molecule has 1 saturated heterocycles. The summed E-state index contributed by atoms with van der Waals surface area (Å²) in [6, 6.07) is 1.75. The van der Waals surface area contributed by atoms with Gasteiger partial charge in [-0.25, -0.2) is 4.79 Å². The van der Waals surface area contributed by atoms with Crippen LogP contribution in [-0.4, -0.2) is 59.4 Å². The second kappa shape index (κ2) is 6.98. The second-order valence-corrected chi connectivity index (χ2v) is 4.96. The number of H-pyrrole nitrogens is 1. The molecule has 3 amide bonds. The molecule has 6 nitrogen and oxygen atoms in total. The van der Waals surface area contributed by atoms with Crippen LogP contribution in [-0.2, 0) is 0 Å². The average Bonchev–Trinajstić information content (AvgIpc) is 2.88. The lowest BCUT2D eigenvalue weighted by atomic mass is 10.3. The first-order chi connectivity index (χ1) is 9.72. The summed E-state index contributed by atoms with van der Waals surface area (Å²) in [6.07, 6.45) is 5.20. The van der Waals surface area contributed by atoms with Crippen LogP contribution in [0.25, 0.3) is 0 Å². The van der Waals surface area contributed by atoms with Crippen LogP contribution in [0.1, 0.15) is 30.1 Å². The van der Waals surface area contributed by atoms with E-state index in [0.29, 0.717) is 38.3 Å². The predicted molar refractivity (Wildman–Crippen MR) is 76.6 cm³/mol. The molecule has 1 aromatic rings. The fourth-order valence-corrected chi connectivity index (χ4v) is 2.31. The number of amides is 3. The molecule has 1 fully saturated rings. The van der Waals surface area contributed by atoms with Crippen LogP contribution in [0.5, 0.6) is 0 Å². The molecule has 0 aliphatic carbocycles. The molecule has 0 bridgehead atoms. The molecule has 0 spiro atoms. The van der Waals surface area contributed by atoms with E-state index in [1.165, 1.54) is 0 Å². The van der Waals surface area contributed by atoms with Gasteiger partial charge >= 0.3 is 6.03 Å². The Balaban J connectivity index is 1.89. The number of hydrogen-bond acceptors (Lipinski definition) is 2. The first kappa shape index (κ1) is 14.4. The molecule has 1 aliphatic rings. The van der Waals surface area contributed by atoms with Gasteiger partial charge in [0.2, 0.25) is 0 Å². The van der Waals surface area contributed by atoms with Crippen molar-refractivity contribution >= 4 is 11.9 Å². The average molecular weight is 278 g/mol. The zero-order valence-electron chi connectivity index (χ0n) is 11.9. The van der Waals surface area contributed by atoms with E-state index < -0.39 is 0 Å². The van der Waals surface area contributed by atoms with Crippen molar-refractivity contribution < 1.29 is 9.59 Å². The minimum atomic E-state index is -0.0252. The summed E-state index contributed by atoms with van der Waals surface area (Å²) >= 11 is 0. The van der Waals surface area contributed by atoms with Crippen molar-refractivity contribution in [1.29, 1.82) is 0 Å². The number of hydrogen-bond donors (Lipinski definition) is 2. The van der Waals surface area contributed by atoms with Gasteiger partial charge in [-0.05, 0) is 18.9 Å². The minimum Gasteiger partial charge on any atom is -0.367 e. The maximum atomic E-state index is 12.2. The van der Waals surface area contributed by atoms with Crippen LogP contribution in [0.2, 0.25) is 0 Å². The molecule has 2 heterocycles. The monoisotopic (exact) mass is 278 g/mol. The Kier molecular flexibility index (Phi) is 5.03. The third kappa shape index (κ3) is 3.53. The standard InChI is InChI=1S/C14H22N4O2/c1-2-5-16-14(20)18-8-3-7-17(9-10-18)13(19)12-4-6-15-11-12/h4,6,11,15H,2-3,5,7-10H2,1H3,(H,16,20). The van der Waals surface area contributed by atoms with Gasteiger partial charge in [0.25, 0.3) is 5.91 Å². The highest BCUT2D eigenvalue weighted by molar-refractivity contribution is 5.94. The normalized spacial score (nSPS) is 15.8. The SMILES string of the molecule is CCCNC(=O)N1CCCN(C(=O)c2cc[nH]c2)CC1. The molecule has 0 saturated carbocycles. The lowest BCUT2D eigenvalue weighted by Crippen LogP contribution is -2.42. The molecule has 1 aromatic heterocycles. The van der Waals surface area contributed by atoms with Gasteiger partial charge in [-0.15, -0.1) is 0 Å². The van der Waals surface area contributed by atoms with E-state index in [9.17, 15) is 9.59 Å². The highest BCUT2D eigenvalue weighted by atomic mass is 16.2. The largest absolute Gasteiger partial charge is 0.367 e. The molecule has 1 aliphatic heterocycles. The Labute approximate surface area is 119 Å². The van der Waals surface area contributed by atoms with Crippen molar-refractivity contribution in [3.8, 4) is 0 Å². The highest BCUT2D eigenvalue weighted by Crippen LogP contribution is 2.09. The maximum Gasteiger partial charge on any atom is 0.317 e. The Morgan fingerprint density at radius 3 is 2.70 bits per heavy atom. The van der Waals surface area contributed by atoms with Gasteiger partial charge < -0.3 is 20.1 Å². The van der Waals surface area contributed by atoms with Crippen molar-refractivity contribution in [2.45, 2.75) is 19.8 Å². The van der Waals surface area contributed by atoms with Crippen LogP contribution >= 0.6 is 0 Å². The van der Waals surface area contributed by atoms with Gasteiger partial charge in [0.15, 0.2) is 0 Å².